The number of alkyl halides is 1. The molecular weight excluding hydrogens is 282 g/mol. The lowest BCUT2D eigenvalue weighted by Gasteiger charge is -2.33. The lowest BCUT2D eigenvalue weighted by atomic mass is 9.85. The molecule has 1 N–H and O–H groups in total. The molecule has 3 nitrogen and oxygen atoms in total. The van der Waals surface area contributed by atoms with E-state index < -0.39 is 0 Å². The Labute approximate surface area is 113 Å². The van der Waals surface area contributed by atoms with Crippen molar-refractivity contribution in [2.75, 3.05) is 11.9 Å². The summed E-state index contributed by atoms with van der Waals surface area (Å²) in [6, 6.07) is 0.194. The Morgan fingerprint density at radius 2 is 2.18 bits per heavy atom. The Hall–Kier alpha value is -0.0900. The summed E-state index contributed by atoms with van der Waals surface area (Å²) >= 11 is 3.45. The Bertz CT molecular complexity index is 244. The van der Waals surface area contributed by atoms with Crippen LogP contribution in [0, 0.1) is 5.41 Å². The van der Waals surface area contributed by atoms with Gasteiger partial charge < -0.3 is 10.1 Å². The first-order chi connectivity index (χ1) is 7.95. The standard InChI is InChI=1S/C13H24BrNO2/c1-13(2,3)11(7-8-14)15-12(16)10-6-4-5-9-17-10/h10-11H,4-9H2,1-3H3,(H,15,16). The number of nitrogens with one attached hydrogen (secondary N) is 1. The average Bonchev–Trinajstić information content (AvgIpc) is 2.28. The SMILES string of the molecule is CC(C)(C)C(CCBr)NC(=O)C1CCCCO1. The van der Waals surface area contributed by atoms with Crippen LogP contribution in [0.4, 0.5) is 0 Å². The van der Waals surface area contributed by atoms with Gasteiger partial charge in [0.2, 0.25) is 5.91 Å². The van der Waals surface area contributed by atoms with Gasteiger partial charge in [-0.3, -0.25) is 4.79 Å². The molecule has 1 rings (SSSR count). The lowest BCUT2D eigenvalue weighted by Crippen LogP contribution is -2.49. The van der Waals surface area contributed by atoms with Gasteiger partial charge in [-0.05, 0) is 31.1 Å². The molecule has 1 aliphatic rings. The smallest absolute Gasteiger partial charge is 0.249 e. The summed E-state index contributed by atoms with van der Waals surface area (Å²) in [7, 11) is 0. The van der Waals surface area contributed by atoms with Crippen molar-refractivity contribution in [1.82, 2.24) is 5.32 Å². The van der Waals surface area contributed by atoms with Crippen molar-refractivity contribution in [3.05, 3.63) is 0 Å². The van der Waals surface area contributed by atoms with Gasteiger partial charge in [0.25, 0.3) is 0 Å². The molecular formula is C13H24BrNO2. The molecule has 1 saturated heterocycles. The predicted octanol–water partition coefficient (Wildman–Crippen LogP) is 2.87. The minimum Gasteiger partial charge on any atom is -0.368 e. The zero-order valence-corrected chi connectivity index (χ0v) is 12.7. The highest BCUT2D eigenvalue weighted by molar-refractivity contribution is 9.09. The molecule has 0 aromatic rings. The van der Waals surface area contributed by atoms with Crippen molar-refractivity contribution in [2.24, 2.45) is 5.41 Å². The first-order valence-corrected chi connectivity index (χ1v) is 7.55. The Balaban J connectivity index is 2.51. The quantitative estimate of drug-likeness (QED) is 0.811. The van der Waals surface area contributed by atoms with Gasteiger partial charge in [-0.2, -0.15) is 0 Å². The van der Waals surface area contributed by atoms with Crippen molar-refractivity contribution in [1.29, 1.82) is 0 Å². The van der Waals surface area contributed by atoms with Gasteiger partial charge >= 0.3 is 0 Å². The van der Waals surface area contributed by atoms with Crippen LogP contribution in [0.3, 0.4) is 0 Å². The molecule has 0 saturated carbocycles. The van der Waals surface area contributed by atoms with Crippen molar-refractivity contribution in [2.45, 2.75) is 58.6 Å². The predicted molar refractivity (Wildman–Crippen MR) is 73.4 cm³/mol. The summed E-state index contributed by atoms with van der Waals surface area (Å²) in [6.45, 7) is 7.18. The Morgan fingerprint density at radius 3 is 2.65 bits per heavy atom. The van der Waals surface area contributed by atoms with Gasteiger partial charge in [-0.25, -0.2) is 0 Å². The average molecular weight is 306 g/mol. The third-order valence-electron chi connectivity index (χ3n) is 3.23. The third kappa shape index (κ3) is 4.96. The fourth-order valence-corrected chi connectivity index (χ4v) is 2.50. The van der Waals surface area contributed by atoms with E-state index in [9.17, 15) is 4.79 Å². The molecule has 1 fully saturated rings. The number of hydrogen-bond donors (Lipinski definition) is 1. The largest absolute Gasteiger partial charge is 0.368 e. The fraction of sp³-hybridized carbons (Fsp3) is 0.923. The molecule has 1 heterocycles. The maximum absolute atomic E-state index is 12.1. The van der Waals surface area contributed by atoms with Crippen LogP contribution in [-0.4, -0.2) is 30.0 Å². The minimum atomic E-state index is -0.232. The van der Waals surface area contributed by atoms with E-state index in [1.165, 1.54) is 0 Å². The van der Waals surface area contributed by atoms with Crippen molar-refractivity contribution < 1.29 is 9.53 Å². The molecule has 17 heavy (non-hydrogen) atoms. The number of hydrogen-bond acceptors (Lipinski definition) is 2. The van der Waals surface area contributed by atoms with E-state index in [1.54, 1.807) is 0 Å². The maximum atomic E-state index is 12.1. The van der Waals surface area contributed by atoms with Crippen LogP contribution >= 0.6 is 15.9 Å². The van der Waals surface area contributed by atoms with Crippen molar-refractivity contribution >= 4 is 21.8 Å². The summed E-state index contributed by atoms with van der Waals surface area (Å²) in [4.78, 5) is 12.1. The number of amides is 1. The van der Waals surface area contributed by atoms with Crippen molar-refractivity contribution in [3.8, 4) is 0 Å². The molecule has 0 aromatic heterocycles. The van der Waals surface area contributed by atoms with E-state index >= 15 is 0 Å². The third-order valence-corrected chi connectivity index (χ3v) is 3.69. The Kier molecular flexibility index (Phi) is 5.93. The highest BCUT2D eigenvalue weighted by atomic mass is 79.9. The second-order valence-corrected chi connectivity index (χ2v) is 6.55. The molecule has 2 atom stereocenters. The van der Waals surface area contributed by atoms with Crippen LogP contribution in [0.15, 0.2) is 0 Å². The molecule has 1 amide bonds. The van der Waals surface area contributed by atoms with E-state index in [-0.39, 0.29) is 23.5 Å². The highest BCUT2D eigenvalue weighted by Gasteiger charge is 2.29. The fourth-order valence-electron chi connectivity index (χ4n) is 2.04. The van der Waals surface area contributed by atoms with Gasteiger partial charge in [0.05, 0.1) is 0 Å². The zero-order valence-electron chi connectivity index (χ0n) is 11.1. The number of rotatable bonds is 4. The minimum absolute atomic E-state index is 0.0607. The molecule has 0 aromatic carbocycles. The summed E-state index contributed by atoms with van der Waals surface area (Å²) in [6.07, 6.45) is 3.74. The number of halogens is 1. The van der Waals surface area contributed by atoms with Crippen LogP contribution < -0.4 is 5.32 Å². The number of carbonyl (C=O) groups is 1. The lowest BCUT2D eigenvalue weighted by molar-refractivity contribution is -0.137. The van der Waals surface area contributed by atoms with Crippen molar-refractivity contribution in [3.63, 3.8) is 0 Å². The number of carbonyl (C=O) groups excluding carboxylic acids is 1. The zero-order chi connectivity index (χ0) is 12.9. The van der Waals surface area contributed by atoms with Gasteiger partial charge in [0, 0.05) is 18.0 Å². The van der Waals surface area contributed by atoms with E-state index in [4.69, 9.17) is 4.74 Å². The van der Waals surface area contributed by atoms with Crippen LogP contribution in [0.25, 0.3) is 0 Å². The molecule has 0 radical (unpaired) electrons. The summed E-state index contributed by atoms with van der Waals surface area (Å²) in [5.74, 6) is 0.0607. The summed E-state index contributed by atoms with van der Waals surface area (Å²) < 4.78 is 5.51. The maximum Gasteiger partial charge on any atom is 0.249 e. The molecule has 0 spiro atoms. The normalized spacial score (nSPS) is 23.2. The monoisotopic (exact) mass is 305 g/mol. The van der Waals surface area contributed by atoms with Gasteiger partial charge in [0.1, 0.15) is 6.10 Å². The van der Waals surface area contributed by atoms with Gasteiger partial charge in [0.15, 0.2) is 0 Å². The van der Waals surface area contributed by atoms with Crippen LogP contribution in [-0.2, 0) is 9.53 Å². The first kappa shape index (κ1) is 15.0. The molecule has 0 bridgehead atoms. The summed E-state index contributed by atoms with van der Waals surface area (Å²) in [5.41, 5.74) is 0.0814. The van der Waals surface area contributed by atoms with Crippen LogP contribution in [0.1, 0.15) is 46.5 Å². The summed E-state index contributed by atoms with van der Waals surface area (Å²) in [5, 5.41) is 4.04. The van der Waals surface area contributed by atoms with E-state index in [2.05, 4.69) is 42.0 Å². The molecule has 4 heteroatoms. The molecule has 2 unspecified atom stereocenters. The van der Waals surface area contributed by atoms with E-state index in [1.807, 2.05) is 0 Å². The van der Waals surface area contributed by atoms with Gasteiger partial charge in [-0.15, -0.1) is 0 Å². The second-order valence-electron chi connectivity index (χ2n) is 5.76. The van der Waals surface area contributed by atoms with Gasteiger partial charge in [-0.1, -0.05) is 36.7 Å². The highest BCUT2D eigenvalue weighted by Crippen LogP contribution is 2.23. The molecule has 0 aliphatic carbocycles. The van der Waals surface area contributed by atoms with E-state index in [0.29, 0.717) is 0 Å². The Morgan fingerprint density at radius 1 is 1.47 bits per heavy atom. The van der Waals surface area contributed by atoms with E-state index in [0.717, 1.165) is 37.6 Å². The first-order valence-electron chi connectivity index (χ1n) is 6.43. The molecule has 100 valence electrons. The van der Waals surface area contributed by atoms with Crippen LogP contribution in [0.2, 0.25) is 0 Å². The van der Waals surface area contributed by atoms with Crippen LogP contribution in [0.5, 0.6) is 0 Å². The number of ether oxygens (including phenoxy) is 1. The topological polar surface area (TPSA) is 38.3 Å². The second kappa shape index (κ2) is 6.74. The molecule has 1 aliphatic heterocycles.